The zero-order valence-corrected chi connectivity index (χ0v) is 12.3. The highest BCUT2D eigenvalue weighted by Crippen LogP contribution is 2.32. The molecule has 1 aromatic carbocycles. The van der Waals surface area contributed by atoms with Crippen LogP contribution in [0.5, 0.6) is 0 Å². The second-order valence-electron chi connectivity index (χ2n) is 4.93. The van der Waals surface area contributed by atoms with E-state index in [0.717, 1.165) is 38.3 Å². The van der Waals surface area contributed by atoms with E-state index in [4.69, 9.17) is 17.3 Å². The Morgan fingerprint density at radius 1 is 1.42 bits per heavy atom. The van der Waals surface area contributed by atoms with E-state index in [1.165, 1.54) is 12.1 Å². The minimum atomic E-state index is -0.405. The molecular formula is C14H21ClFN3. The first-order valence-electron chi connectivity index (χ1n) is 6.80. The van der Waals surface area contributed by atoms with Crippen molar-refractivity contribution in [1.29, 1.82) is 0 Å². The van der Waals surface area contributed by atoms with Gasteiger partial charge in [0.25, 0.3) is 0 Å². The normalized spacial score (nSPS) is 19.4. The van der Waals surface area contributed by atoms with Gasteiger partial charge >= 0.3 is 0 Å². The van der Waals surface area contributed by atoms with Crippen LogP contribution >= 0.6 is 11.6 Å². The van der Waals surface area contributed by atoms with Crippen LogP contribution in [0, 0.1) is 5.82 Å². The van der Waals surface area contributed by atoms with Gasteiger partial charge in [-0.2, -0.15) is 0 Å². The first kappa shape index (κ1) is 14.4. The van der Waals surface area contributed by atoms with E-state index in [1.54, 1.807) is 0 Å². The smallest absolute Gasteiger partial charge is 0.144 e. The molecule has 19 heavy (non-hydrogen) atoms. The summed E-state index contributed by atoms with van der Waals surface area (Å²) >= 11 is 5.73. The van der Waals surface area contributed by atoms with E-state index in [0.29, 0.717) is 11.7 Å². The molecule has 1 aromatic rings. The molecule has 0 aromatic heterocycles. The summed E-state index contributed by atoms with van der Waals surface area (Å²) in [6, 6.07) is 3.47. The lowest BCUT2D eigenvalue weighted by Gasteiger charge is -2.27. The lowest BCUT2D eigenvalue weighted by Crippen LogP contribution is -2.37. The number of rotatable bonds is 4. The van der Waals surface area contributed by atoms with E-state index in [-0.39, 0.29) is 5.02 Å². The Balaban J connectivity index is 2.15. The maximum atomic E-state index is 13.6. The second kappa shape index (κ2) is 5.97. The van der Waals surface area contributed by atoms with Crippen molar-refractivity contribution in [1.82, 2.24) is 4.90 Å². The molecule has 0 spiro atoms. The third kappa shape index (κ3) is 2.95. The zero-order chi connectivity index (χ0) is 14.0. The van der Waals surface area contributed by atoms with E-state index < -0.39 is 5.82 Å². The van der Waals surface area contributed by atoms with Crippen molar-refractivity contribution in [3.63, 3.8) is 0 Å². The fourth-order valence-electron chi connectivity index (χ4n) is 2.82. The summed E-state index contributed by atoms with van der Waals surface area (Å²) < 4.78 is 13.6. The van der Waals surface area contributed by atoms with Gasteiger partial charge in [-0.1, -0.05) is 25.4 Å². The maximum absolute atomic E-state index is 13.6. The largest absolute Gasteiger partial charge is 0.397 e. The molecule has 2 N–H and O–H groups in total. The van der Waals surface area contributed by atoms with Gasteiger partial charge in [-0.3, -0.25) is 4.90 Å². The molecule has 1 aliphatic rings. The highest BCUT2D eigenvalue weighted by molar-refractivity contribution is 6.31. The highest BCUT2D eigenvalue weighted by Gasteiger charge is 2.27. The summed E-state index contributed by atoms with van der Waals surface area (Å²) in [4.78, 5) is 4.58. The predicted molar refractivity (Wildman–Crippen MR) is 79.4 cm³/mol. The van der Waals surface area contributed by atoms with E-state index in [1.807, 2.05) is 0 Å². The first-order chi connectivity index (χ1) is 9.06. The Morgan fingerprint density at radius 2 is 2.11 bits per heavy atom. The second-order valence-corrected chi connectivity index (χ2v) is 5.34. The molecule has 1 atom stereocenters. The number of anilines is 2. The molecule has 1 fully saturated rings. The molecule has 0 saturated carbocycles. The third-order valence-electron chi connectivity index (χ3n) is 3.90. The van der Waals surface area contributed by atoms with Crippen LogP contribution in [0.4, 0.5) is 15.8 Å². The lowest BCUT2D eigenvalue weighted by molar-refractivity contribution is 0.232. The van der Waals surface area contributed by atoms with Crippen molar-refractivity contribution in [2.24, 2.45) is 0 Å². The third-order valence-corrected chi connectivity index (χ3v) is 4.19. The van der Waals surface area contributed by atoms with Gasteiger partial charge in [-0.25, -0.2) is 4.39 Å². The SMILES string of the molecule is CCN(CC)C1CCN(c2cc(F)c(Cl)cc2N)C1. The number of hydrogen-bond acceptors (Lipinski definition) is 3. The minimum Gasteiger partial charge on any atom is -0.397 e. The van der Waals surface area contributed by atoms with Gasteiger partial charge in [-0.15, -0.1) is 0 Å². The Kier molecular flexibility index (Phi) is 4.53. The van der Waals surface area contributed by atoms with Crippen molar-refractivity contribution in [2.45, 2.75) is 26.3 Å². The molecule has 106 valence electrons. The molecule has 0 aliphatic carbocycles. The number of halogens is 2. The summed E-state index contributed by atoms with van der Waals surface area (Å²) in [7, 11) is 0. The molecule has 2 rings (SSSR count). The quantitative estimate of drug-likeness (QED) is 0.863. The number of nitrogens with zero attached hydrogens (tertiary/aromatic N) is 2. The van der Waals surface area contributed by atoms with Crippen LogP contribution in [-0.4, -0.2) is 37.1 Å². The van der Waals surface area contributed by atoms with Gasteiger partial charge in [0.1, 0.15) is 5.82 Å². The maximum Gasteiger partial charge on any atom is 0.144 e. The number of nitrogen functional groups attached to an aromatic ring is 1. The van der Waals surface area contributed by atoms with Crippen LogP contribution in [-0.2, 0) is 0 Å². The minimum absolute atomic E-state index is 0.0840. The Labute approximate surface area is 119 Å². The summed E-state index contributed by atoms with van der Waals surface area (Å²) in [5.41, 5.74) is 7.26. The Morgan fingerprint density at radius 3 is 2.74 bits per heavy atom. The van der Waals surface area contributed by atoms with Crippen molar-refractivity contribution in [2.75, 3.05) is 36.8 Å². The van der Waals surface area contributed by atoms with Crippen molar-refractivity contribution in [3.8, 4) is 0 Å². The lowest BCUT2D eigenvalue weighted by atomic mass is 10.2. The van der Waals surface area contributed by atoms with E-state index in [9.17, 15) is 4.39 Å². The number of hydrogen-bond donors (Lipinski definition) is 1. The average Bonchev–Trinajstić information content (AvgIpc) is 2.85. The molecule has 1 heterocycles. The van der Waals surface area contributed by atoms with Gasteiger partial charge < -0.3 is 10.6 Å². The van der Waals surface area contributed by atoms with Crippen molar-refractivity contribution in [3.05, 3.63) is 23.0 Å². The monoisotopic (exact) mass is 285 g/mol. The fraction of sp³-hybridized carbons (Fsp3) is 0.571. The molecule has 1 unspecified atom stereocenters. The van der Waals surface area contributed by atoms with Crippen LogP contribution in [0.2, 0.25) is 5.02 Å². The van der Waals surface area contributed by atoms with E-state index >= 15 is 0 Å². The summed E-state index contributed by atoms with van der Waals surface area (Å²) in [5.74, 6) is -0.405. The van der Waals surface area contributed by atoms with Crippen LogP contribution < -0.4 is 10.6 Å². The predicted octanol–water partition coefficient (Wildman–Crippen LogP) is 2.98. The van der Waals surface area contributed by atoms with E-state index in [2.05, 4.69) is 23.6 Å². The molecular weight excluding hydrogens is 265 g/mol. The van der Waals surface area contributed by atoms with Gasteiger partial charge in [0.15, 0.2) is 0 Å². The molecule has 5 heteroatoms. The zero-order valence-electron chi connectivity index (χ0n) is 11.5. The van der Waals surface area contributed by atoms with Gasteiger partial charge in [-0.05, 0) is 25.6 Å². The van der Waals surface area contributed by atoms with Crippen molar-refractivity contribution >= 4 is 23.0 Å². The summed E-state index contributed by atoms with van der Waals surface area (Å²) in [6.45, 7) is 8.23. The van der Waals surface area contributed by atoms with Gasteiger partial charge in [0.05, 0.1) is 16.4 Å². The van der Waals surface area contributed by atoms with Crippen LogP contribution in [0.1, 0.15) is 20.3 Å². The van der Waals surface area contributed by atoms with Crippen LogP contribution in [0.3, 0.4) is 0 Å². The fourth-order valence-corrected chi connectivity index (χ4v) is 3.00. The molecule has 1 aliphatic heterocycles. The number of benzene rings is 1. The topological polar surface area (TPSA) is 32.5 Å². The standard InChI is InChI=1S/C14H21ClFN3/c1-3-18(4-2)10-5-6-19(9-10)14-8-12(16)11(15)7-13(14)17/h7-8,10H,3-6,9,17H2,1-2H3. The molecule has 0 bridgehead atoms. The van der Waals surface area contributed by atoms with Crippen LogP contribution in [0.25, 0.3) is 0 Å². The Hall–Kier alpha value is -1.00. The highest BCUT2D eigenvalue weighted by atomic mass is 35.5. The summed E-state index contributed by atoms with van der Waals surface area (Å²) in [5, 5.41) is 0.0840. The number of nitrogens with two attached hydrogens (primary N) is 1. The van der Waals surface area contributed by atoms with Crippen LogP contribution in [0.15, 0.2) is 12.1 Å². The molecule has 0 amide bonds. The Bertz CT molecular complexity index is 449. The van der Waals surface area contributed by atoms with Gasteiger partial charge in [0.2, 0.25) is 0 Å². The molecule has 0 radical (unpaired) electrons. The average molecular weight is 286 g/mol. The van der Waals surface area contributed by atoms with Crippen molar-refractivity contribution < 1.29 is 4.39 Å². The molecule has 3 nitrogen and oxygen atoms in total. The van der Waals surface area contributed by atoms with Gasteiger partial charge in [0, 0.05) is 25.2 Å². The number of likely N-dealkylation sites (N-methyl/N-ethyl adjacent to an activating group) is 1. The summed E-state index contributed by atoms with van der Waals surface area (Å²) in [6.07, 6.45) is 1.09. The first-order valence-corrected chi connectivity index (χ1v) is 7.18. The molecule has 1 saturated heterocycles.